The minimum Gasteiger partial charge on any atom is -0.481 e. The first-order valence-corrected chi connectivity index (χ1v) is 7.96. The van der Waals surface area contributed by atoms with Gasteiger partial charge in [-0.1, -0.05) is 33.1 Å². The van der Waals surface area contributed by atoms with Crippen molar-refractivity contribution < 1.29 is 19.8 Å². The fourth-order valence-corrected chi connectivity index (χ4v) is 5.00. The molecule has 20 heavy (non-hydrogen) atoms. The zero-order valence-corrected chi connectivity index (χ0v) is 12.4. The normalized spacial score (nSPS) is 40.9. The molecular weight excluding hydrogens is 256 g/mol. The van der Waals surface area contributed by atoms with E-state index in [1.165, 1.54) is 0 Å². The van der Waals surface area contributed by atoms with Crippen molar-refractivity contribution in [3.63, 3.8) is 0 Å². The summed E-state index contributed by atoms with van der Waals surface area (Å²) in [5.41, 5.74) is 0. The third kappa shape index (κ3) is 2.57. The van der Waals surface area contributed by atoms with E-state index < -0.39 is 23.8 Å². The fraction of sp³-hybridized carbons (Fsp3) is 0.875. The molecular formula is C16H26O4. The van der Waals surface area contributed by atoms with E-state index in [0.29, 0.717) is 24.7 Å². The molecule has 0 radical (unpaired) electrons. The third-order valence-corrected chi connectivity index (χ3v) is 5.82. The second-order valence-corrected chi connectivity index (χ2v) is 6.54. The Hall–Kier alpha value is -1.06. The van der Waals surface area contributed by atoms with Crippen LogP contribution in [0.4, 0.5) is 0 Å². The molecule has 6 atom stereocenters. The van der Waals surface area contributed by atoms with Gasteiger partial charge in [-0.2, -0.15) is 0 Å². The second kappa shape index (κ2) is 6.15. The van der Waals surface area contributed by atoms with Gasteiger partial charge in [-0.25, -0.2) is 0 Å². The van der Waals surface area contributed by atoms with Gasteiger partial charge in [0.25, 0.3) is 0 Å². The molecule has 0 aromatic rings. The van der Waals surface area contributed by atoms with E-state index in [0.717, 1.165) is 25.7 Å². The highest BCUT2D eigenvalue weighted by Crippen LogP contribution is 2.53. The summed E-state index contributed by atoms with van der Waals surface area (Å²) in [5.74, 6) is -1.44. The first-order chi connectivity index (χ1) is 9.51. The van der Waals surface area contributed by atoms with Crippen molar-refractivity contribution in [1.29, 1.82) is 0 Å². The summed E-state index contributed by atoms with van der Waals surface area (Å²) in [7, 11) is 0. The van der Waals surface area contributed by atoms with Gasteiger partial charge in [0.2, 0.25) is 0 Å². The highest BCUT2D eigenvalue weighted by Gasteiger charge is 2.51. The van der Waals surface area contributed by atoms with Crippen LogP contribution in [0.25, 0.3) is 0 Å². The molecule has 2 saturated carbocycles. The minimum atomic E-state index is -0.796. The van der Waals surface area contributed by atoms with Gasteiger partial charge in [-0.15, -0.1) is 0 Å². The molecule has 4 heteroatoms. The largest absolute Gasteiger partial charge is 0.481 e. The Morgan fingerprint density at radius 3 is 2.15 bits per heavy atom. The standard InChI is InChI=1S/C16H26O4/c1-3-9-8-13(16(19)20)14-11(10(9)4-2)6-5-7-12(14)15(17)18/h9-14H,3-8H2,1-2H3,(H,17,18)(H,19,20). The zero-order chi connectivity index (χ0) is 14.9. The van der Waals surface area contributed by atoms with Gasteiger partial charge < -0.3 is 10.2 Å². The summed E-state index contributed by atoms with van der Waals surface area (Å²) in [6, 6.07) is 0. The lowest BCUT2D eigenvalue weighted by Gasteiger charge is -2.50. The van der Waals surface area contributed by atoms with Crippen molar-refractivity contribution in [2.24, 2.45) is 35.5 Å². The van der Waals surface area contributed by atoms with Crippen molar-refractivity contribution in [1.82, 2.24) is 0 Å². The number of fused-ring (bicyclic) bond motifs is 1. The Labute approximate surface area is 120 Å². The number of rotatable bonds is 4. The molecule has 2 aliphatic carbocycles. The lowest BCUT2D eigenvalue weighted by atomic mass is 9.53. The number of aliphatic carboxylic acids is 2. The van der Waals surface area contributed by atoms with Crippen LogP contribution in [0.15, 0.2) is 0 Å². The van der Waals surface area contributed by atoms with Crippen LogP contribution in [-0.2, 0) is 9.59 Å². The Balaban J connectivity index is 2.35. The molecule has 0 saturated heterocycles. The van der Waals surface area contributed by atoms with Crippen molar-refractivity contribution in [2.45, 2.75) is 52.4 Å². The summed E-state index contributed by atoms with van der Waals surface area (Å²) in [4.78, 5) is 23.2. The summed E-state index contributed by atoms with van der Waals surface area (Å²) < 4.78 is 0. The average molecular weight is 282 g/mol. The molecule has 2 N–H and O–H groups in total. The summed E-state index contributed by atoms with van der Waals surface area (Å²) in [5, 5.41) is 19.0. The van der Waals surface area contributed by atoms with Crippen molar-refractivity contribution in [3.05, 3.63) is 0 Å². The van der Waals surface area contributed by atoms with E-state index in [2.05, 4.69) is 13.8 Å². The fourth-order valence-electron chi connectivity index (χ4n) is 5.00. The highest BCUT2D eigenvalue weighted by atomic mass is 16.4. The minimum absolute atomic E-state index is 0.161. The van der Waals surface area contributed by atoms with Gasteiger partial charge in [0, 0.05) is 0 Å². The number of carboxylic acids is 2. The maximum atomic E-state index is 11.6. The lowest BCUT2D eigenvalue weighted by Crippen LogP contribution is -2.49. The van der Waals surface area contributed by atoms with Crippen molar-refractivity contribution >= 4 is 11.9 Å². The number of hydrogen-bond donors (Lipinski definition) is 2. The van der Waals surface area contributed by atoms with Gasteiger partial charge in [-0.3, -0.25) is 9.59 Å². The van der Waals surface area contributed by atoms with Crippen LogP contribution in [0.2, 0.25) is 0 Å². The Morgan fingerprint density at radius 1 is 1.00 bits per heavy atom. The Kier molecular flexibility index (Phi) is 4.71. The zero-order valence-electron chi connectivity index (χ0n) is 12.4. The van der Waals surface area contributed by atoms with E-state index in [4.69, 9.17) is 0 Å². The summed E-state index contributed by atoms with van der Waals surface area (Å²) in [6.07, 6.45) is 5.29. The monoisotopic (exact) mass is 282 g/mol. The van der Waals surface area contributed by atoms with Crippen LogP contribution in [0.3, 0.4) is 0 Å². The van der Waals surface area contributed by atoms with Crippen LogP contribution in [0.5, 0.6) is 0 Å². The van der Waals surface area contributed by atoms with Gasteiger partial charge in [0.1, 0.15) is 0 Å². The smallest absolute Gasteiger partial charge is 0.306 e. The molecule has 0 amide bonds. The Morgan fingerprint density at radius 2 is 1.65 bits per heavy atom. The first-order valence-electron chi connectivity index (χ1n) is 7.96. The topological polar surface area (TPSA) is 74.6 Å². The van der Waals surface area contributed by atoms with Crippen LogP contribution < -0.4 is 0 Å². The molecule has 0 aromatic carbocycles. The van der Waals surface area contributed by atoms with E-state index in [-0.39, 0.29) is 11.8 Å². The van der Waals surface area contributed by atoms with E-state index in [1.54, 1.807) is 0 Å². The SMILES string of the molecule is CCC1CC(C(=O)O)C2C(C(=O)O)CCCC2C1CC. The molecule has 2 rings (SSSR count). The van der Waals surface area contributed by atoms with Gasteiger partial charge in [0.15, 0.2) is 0 Å². The molecule has 114 valence electrons. The van der Waals surface area contributed by atoms with Gasteiger partial charge >= 0.3 is 11.9 Å². The third-order valence-electron chi connectivity index (χ3n) is 5.82. The first kappa shape index (κ1) is 15.3. The molecule has 0 bridgehead atoms. The van der Waals surface area contributed by atoms with Crippen molar-refractivity contribution in [2.75, 3.05) is 0 Å². The predicted molar refractivity (Wildman–Crippen MR) is 75.3 cm³/mol. The maximum absolute atomic E-state index is 11.6. The quantitative estimate of drug-likeness (QED) is 0.830. The summed E-state index contributed by atoms with van der Waals surface area (Å²) in [6.45, 7) is 4.29. The number of carbonyl (C=O) groups is 2. The van der Waals surface area contributed by atoms with Gasteiger partial charge in [-0.05, 0) is 42.9 Å². The van der Waals surface area contributed by atoms with Crippen LogP contribution in [0, 0.1) is 35.5 Å². The lowest BCUT2D eigenvalue weighted by molar-refractivity contribution is -0.160. The van der Waals surface area contributed by atoms with Gasteiger partial charge in [0.05, 0.1) is 11.8 Å². The van der Waals surface area contributed by atoms with Crippen LogP contribution in [-0.4, -0.2) is 22.2 Å². The molecule has 0 heterocycles. The number of carboxylic acid groups (broad SMARTS) is 2. The molecule has 0 spiro atoms. The highest BCUT2D eigenvalue weighted by molar-refractivity contribution is 5.75. The molecule has 0 aliphatic heterocycles. The van der Waals surface area contributed by atoms with E-state index in [9.17, 15) is 19.8 Å². The molecule has 4 nitrogen and oxygen atoms in total. The average Bonchev–Trinajstić information content (AvgIpc) is 2.44. The molecule has 6 unspecified atom stereocenters. The van der Waals surface area contributed by atoms with Crippen molar-refractivity contribution in [3.8, 4) is 0 Å². The predicted octanol–water partition coefficient (Wildman–Crippen LogP) is 3.26. The summed E-state index contributed by atoms with van der Waals surface area (Å²) >= 11 is 0. The maximum Gasteiger partial charge on any atom is 0.306 e. The second-order valence-electron chi connectivity index (χ2n) is 6.54. The molecule has 2 fully saturated rings. The van der Waals surface area contributed by atoms with Crippen LogP contribution in [0.1, 0.15) is 52.4 Å². The molecule has 0 aromatic heterocycles. The Bertz CT molecular complexity index is 379. The number of hydrogen-bond acceptors (Lipinski definition) is 2. The molecule has 2 aliphatic rings. The van der Waals surface area contributed by atoms with E-state index >= 15 is 0 Å². The van der Waals surface area contributed by atoms with Crippen LogP contribution >= 0.6 is 0 Å². The van der Waals surface area contributed by atoms with E-state index in [1.807, 2.05) is 0 Å².